The molecule has 2 aliphatic heterocycles. The summed E-state index contributed by atoms with van der Waals surface area (Å²) < 4.78 is 5.62. The summed E-state index contributed by atoms with van der Waals surface area (Å²) in [6, 6.07) is 3.61. The molecule has 0 aromatic heterocycles. The molecule has 0 spiro atoms. The van der Waals surface area contributed by atoms with Crippen LogP contribution < -0.4 is 10.1 Å². The summed E-state index contributed by atoms with van der Waals surface area (Å²) >= 11 is 0. The molecule has 2 heterocycles. The van der Waals surface area contributed by atoms with Crippen LogP contribution >= 0.6 is 0 Å². The number of hydrogen-bond acceptors (Lipinski definition) is 6. The van der Waals surface area contributed by atoms with E-state index in [9.17, 15) is 24.0 Å². The minimum atomic E-state index is -0.981. The van der Waals surface area contributed by atoms with E-state index in [1.807, 2.05) is 0 Å². The third kappa shape index (κ3) is 2.67. The topological polar surface area (TPSA) is 110 Å². The molecule has 1 unspecified atom stereocenters. The standard InChI is InChI=1S/C18H16N2O6/c21-10-5-9(6-10)8-26-11-1-2-12-13(7-11)18(25)20(17(12)24)14-3-4-15(22)19-16(14)23/h1-2,7,9,14H,3-6,8H2,(H,19,22,23). The van der Waals surface area contributed by atoms with E-state index in [2.05, 4.69) is 5.32 Å². The first-order chi connectivity index (χ1) is 12.4. The molecule has 1 N–H and O–H groups in total. The predicted octanol–water partition coefficient (Wildman–Crippen LogP) is 0.446. The van der Waals surface area contributed by atoms with Gasteiger partial charge in [0.2, 0.25) is 11.8 Å². The minimum Gasteiger partial charge on any atom is -0.493 e. The van der Waals surface area contributed by atoms with Crippen molar-refractivity contribution in [1.29, 1.82) is 0 Å². The lowest BCUT2D eigenvalue weighted by atomic mass is 9.85. The number of fused-ring (bicyclic) bond motifs is 1. The van der Waals surface area contributed by atoms with E-state index in [-0.39, 0.29) is 35.7 Å². The van der Waals surface area contributed by atoms with Gasteiger partial charge in [-0.2, -0.15) is 0 Å². The zero-order valence-corrected chi connectivity index (χ0v) is 13.8. The van der Waals surface area contributed by atoms with Crippen LogP contribution in [0.4, 0.5) is 0 Å². The van der Waals surface area contributed by atoms with Gasteiger partial charge in [0.15, 0.2) is 0 Å². The third-order valence-corrected chi connectivity index (χ3v) is 4.93. The number of amides is 4. The van der Waals surface area contributed by atoms with Crippen molar-refractivity contribution in [2.45, 2.75) is 31.7 Å². The van der Waals surface area contributed by atoms with Gasteiger partial charge in [0.25, 0.3) is 11.8 Å². The molecule has 1 aromatic carbocycles. The number of ketones is 1. The Morgan fingerprint density at radius 1 is 1.04 bits per heavy atom. The van der Waals surface area contributed by atoms with Gasteiger partial charge in [-0.3, -0.25) is 34.2 Å². The van der Waals surface area contributed by atoms with E-state index in [4.69, 9.17) is 4.74 Å². The second kappa shape index (κ2) is 6.05. The number of nitrogens with zero attached hydrogens (tertiary/aromatic N) is 1. The van der Waals surface area contributed by atoms with Crippen molar-refractivity contribution in [2.75, 3.05) is 6.61 Å². The highest BCUT2D eigenvalue weighted by Gasteiger charge is 2.44. The second-order valence-electron chi connectivity index (χ2n) is 6.78. The van der Waals surface area contributed by atoms with Crippen molar-refractivity contribution in [3.63, 3.8) is 0 Å². The summed E-state index contributed by atoms with van der Waals surface area (Å²) in [6.07, 6.45) is 1.21. The summed E-state index contributed by atoms with van der Waals surface area (Å²) in [5.41, 5.74) is 0.396. The van der Waals surface area contributed by atoms with Gasteiger partial charge in [0, 0.05) is 25.2 Å². The first-order valence-corrected chi connectivity index (χ1v) is 8.44. The van der Waals surface area contributed by atoms with Crippen molar-refractivity contribution in [1.82, 2.24) is 10.2 Å². The van der Waals surface area contributed by atoms with Crippen LogP contribution in [0, 0.1) is 5.92 Å². The van der Waals surface area contributed by atoms with Gasteiger partial charge in [0.05, 0.1) is 17.7 Å². The van der Waals surface area contributed by atoms with Crippen molar-refractivity contribution in [2.24, 2.45) is 5.92 Å². The Morgan fingerprint density at radius 3 is 2.46 bits per heavy atom. The van der Waals surface area contributed by atoms with E-state index in [0.717, 1.165) is 4.90 Å². The number of rotatable bonds is 4. The van der Waals surface area contributed by atoms with E-state index in [1.54, 1.807) is 6.07 Å². The first kappa shape index (κ1) is 16.4. The zero-order chi connectivity index (χ0) is 18.4. The van der Waals surface area contributed by atoms with Gasteiger partial charge < -0.3 is 4.74 Å². The Hall–Kier alpha value is -3.03. The molecule has 1 aromatic rings. The summed E-state index contributed by atoms with van der Waals surface area (Å²) in [4.78, 5) is 60.4. The van der Waals surface area contributed by atoms with Crippen LogP contribution in [0.2, 0.25) is 0 Å². The number of piperidine rings is 1. The van der Waals surface area contributed by atoms with Crippen molar-refractivity contribution in [3.8, 4) is 5.75 Å². The lowest BCUT2D eigenvalue weighted by Gasteiger charge is -2.27. The molecular formula is C18H16N2O6. The Balaban J connectivity index is 1.51. The van der Waals surface area contributed by atoms with Crippen LogP contribution in [0.1, 0.15) is 46.4 Å². The molecule has 134 valence electrons. The number of carbonyl (C=O) groups is 5. The predicted molar refractivity (Wildman–Crippen MR) is 86.3 cm³/mol. The number of ether oxygens (including phenoxy) is 1. The third-order valence-electron chi connectivity index (χ3n) is 4.93. The van der Waals surface area contributed by atoms with Gasteiger partial charge in [-0.25, -0.2) is 0 Å². The summed E-state index contributed by atoms with van der Waals surface area (Å²) in [6.45, 7) is 0.378. The fourth-order valence-electron chi connectivity index (χ4n) is 3.46. The van der Waals surface area contributed by atoms with Crippen molar-refractivity contribution >= 4 is 29.4 Å². The molecule has 4 amide bonds. The van der Waals surface area contributed by atoms with Crippen LogP contribution in [0.5, 0.6) is 5.75 Å². The van der Waals surface area contributed by atoms with Crippen LogP contribution in [-0.2, 0) is 14.4 Å². The van der Waals surface area contributed by atoms with Crippen molar-refractivity contribution < 1.29 is 28.7 Å². The van der Waals surface area contributed by atoms with E-state index in [1.165, 1.54) is 12.1 Å². The molecule has 1 saturated carbocycles. The lowest BCUT2D eigenvalue weighted by molar-refractivity contribution is -0.136. The number of nitrogens with one attached hydrogen (secondary N) is 1. The molecule has 2 fully saturated rings. The maximum absolute atomic E-state index is 12.7. The van der Waals surface area contributed by atoms with Gasteiger partial charge in [0.1, 0.15) is 17.6 Å². The molecule has 0 bridgehead atoms. The zero-order valence-electron chi connectivity index (χ0n) is 13.8. The summed E-state index contributed by atoms with van der Waals surface area (Å²) in [5.74, 6) is -1.31. The average Bonchev–Trinajstić information content (AvgIpc) is 2.82. The van der Waals surface area contributed by atoms with E-state index in [0.29, 0.717) is 25.2 Å². The Bertz CT molecular complexity index is 853. The summed E-state index contributed by atoms with van der Waals surface area (Å²) in [5, 5.41) is 2.16. The van der Waals surface area contributed by atoms with Gasteiger partial charge in [-0.1, -0.05) is 0 Å². The number of Topliss-reactive ketones (excluding diaryl/α,β-unsaturated/α-hetero) is 1. The van der Waals surface area contributed by atoms with Gasteiger partial charge in [-0.05, 0) is 24.6 Å². The SMILES string of the molecule is O=C1CC(COc2ccc3c(c2)C(=O)N(C2CCC(=O)NC2=O)C3=O)C1. The highest BCUT2D eigenvalue weighted by Crippen LogP contribution is 2.31. The van der Waals surface area contributed by atoms with E-state index >= 15 is 0 Å². The highest BCUT2D eigenvalue weighted by molar-refractivity contribution is 6.23. The Kier molecular flexibility index (Phi) is 3.82. The lowest BCUT2D eigenvalue weighted by Crippen LogP contribution is -2.54. The Morgan fingerprint density at radius 2 is 1.77 bits per heavy atom. The van der Waals surface area contributed by atoms with Gasteiger partial charge in [-0.15, -0.1) is 0 Å². The maximum Gasteiger partial charge on any atom is 0.262 e. The molecule has 8 nitrogen and oxygen atoms in total. The molecule has 26 heavy (non-hydrogen) atoms. The largest absolute Gasteiger partial charge is 0.493 e. The molecule has 3 aliphatic rings. The highest BCUT2D eigenvalue weighted by atomic mass is 16.5. The number of benzene rings is 1. The molecular weight excluding hydrogens is 340 g/mol. The number of carbonyl (C=O) groups excluding carboxylic acids is 5. The molecule has 1 saturated heterocycles. The fourth-order valence-corrected chi connectivity index (χ4v) is 3.46. The smallest absolute Gasteiger partial charge is 0.262 e. The molecule has 4 rings (SSSR count). The Labute approximate surface area is 148 Å². The van der Waals surface area contributed by atoms with E-state index < -0.39 is 29.7 Å². The number of hydrogen-bond donors (Lipinski definition) is 1. The average molecular weight is 356 g/mol. The first-order valence-electron chi connectivity index (χ1n) is 8.44. The molecule has 0 radical (unpaired) electrons. The van der Waals surface area contributed by atoms with Crippen LogP contribution in [0.15, 0.2) is 18.2 Å². The quantitative estimate of drug-likeness (QED) is 0.784. The summed E-state index contributed by atoms with van der Waals surface area (Å²) in [7, 11) is 0. The monoisotopic (exact) mass is 356 g/mol. The minimum absolute atomic E-state index is 0.0816. The van der Waals surface area contributed by atoms with Gasteiger partial charge >= 0.3 is 0 Å². The van der Waals surface area contributed by atoms with Crippen molar-refractivity contribution in [3.05, 3.63) is 29.3 Å². The molecule has 1 atom stereocenters. The van der Waals surface area contributed by atoms with Crippen LogP contribution in [0.3, 0.4) is 0 Å². The number of imide groups is 2. The molecule has 1 aliphatic carbocycles. The van der Waals surface area contributed by atoms with Crippen LogP contribution in [0.25, 0.3) is 0 Å². The maximum atomic E-state index is 12.7. The fraction of sp³-hybridized carbons (Fsp3) is 0.389. The van der Waals surface area contributed by atoms with Crippen LogP contribution in [-0.4, -0.2) is 47.0 Å². The normalized spacial score (nSPS) is 23.0. The molecule has 8 heteroatoms. The second-order valence-corrected chi connectivity index (χ2v) is 6.78.